The second-order valence-corrected chi connectivity index (χ2v) is 10.1. The first-order valence-corrected chi connectivity index (χ1v) is 12.8. The van der Waals surface area contributed by atoms with E-state index in [-0.39, 0.29) is 23.9 Å². The fourth-order valence-corrected chi connectivity index (χ4v) is 5.09. The number of ether oxygens (including phenoxy) is 1. The molecule has 4 aromatic rings. The predicted octanol–water partition coefficient (Wildman–Crippen LogP) is 3.30. The number of sulfonamides is 1. The van der Waals surface area contributed by atoms with Crippen molar-refractivity contribution >= 4 is 38.5 Å². The van der Waals surface area contributed by atoms with Crippen LogP contribution in [0.15, 0.2) is 77.7 Å². The van der Waals surface area contributed by atoms with E-state index in [4.69, 9.17) is 20.9 Å². The van der Waals surface area contributed by atoms with E-state index in [9.17, 15) is 13.2 Å². The van der Waals surface area contributed by atoms with E-state index in [0.29, 0.717) is 34.5 Å². The molecule has 0 aliphatic rings. The summed E-state index contributed by atoms with van der Waals surface area (Å²) < 4.78 is 34.4. The molecule has 0 fully saturated rings. The quantitative estimate of drug-likeness (QED) is 0.204. The van der Waals surface area contributed by atoms with E-state index in [1.54, 1.807) is 72.2 Å². The van der Waals surface area contributed by atoms with Gasteiger partial charge in [-0.2, -0.15) is 0 Å². The standard InChI is InChI=1S/C26H27N5O4S/c1-3-35-25(32)17-31-23-16-20(30(2)36(33,34)21-7-5-4-6-8-21)13-14-22(23)29-24(31)15-18-9-11-19(12-10-18)26(27)28/h4-14,16H,3,15,17H2,1-2H3,(H3,27,28). The summed E-state index contributed by atoms with van der Waals surface area (Å²) in [6.07, 6.45) is 0.416. The molecule has 0 amide bonds. The number of anilines is 1. The van der Waals surface area contributed by atoms with Crippen LogP contribution in [0.2, 0.25) is 0 Å². The van der Waals surface area contributed by atoms with Gasteiger partial charge in [0.2, 0.25) is 0 Å². The Morgan fingerprint density at radius 3 is 2.42 bits per heavy atom. The predicted molar refractivity (Wildman–Crippen MR) is 139 cm³/mol. The van der Waals surface area contributed by atoms with Crippen molar-refractivity contribution in [3.8, 4) is 0 Å². The Hall–Kier alpha value is -4.18. The van der Waals surface area contributed by atoms with E-state index in [1.807, 2.05) is 12.1 Å². The van der Waals surface area contributed by atoms with Crippen LogP contribution in [0.5, 0.6) is 0 Å². The number of aromatic nitrogens is 2. The van der Waals surface area contributed by atoms with E-state index >= 15 is 0 Å². The summed E-state index contributed by atoms with van der Waals surface area (Å²) in [6, 6.07) is 20.6. The van der Waals surface area contributed by atoms with Gasteiger partial charge >= 0.3 is 5.97 Å². The lowest BCUT2D eigenvalue weighted by molar-refractivity contribution is -0.143. The number of rotatable bonds is 9. The van der Waals surface area contributed by atoms with Gasteiger partial charge in [0.25, 0.3) is 10.0 Å². The second-order valence-electron chi connectivity index (χ2n) is 8.17. The van der Waals surface area contributed by atoms with Crippen LogP contribution in [-0.2, 0) is 32.5 Å². The number of nitrogens with zero attached hydrogens (tertiary/aromatic N) is 3. The molecule has 3 aromatic carbocycles. The van der Waals surface area contributed by atoms with Crippen LogP contribution in [0.3, 0.4) is 0 Å². The van der Waals surface area contributed by atoms with Gasteiger partial charge in [-0.1, -0.05) is 42.5 Å². The summed E-state index contributed by atoms with van der Waals surface area (Å²) in [4.78, 5) is 17.3. The second kappa shape index (κ2) is 10.2. The topological polar surface area (TPSA) is 131 Å². The highest BCUT2D eigenvalue weighted by Crippen LogP contribution is 2.27. The molecule has 0 aliphatic carbocycles. The summed E-state index contributed by atoms with van der Waals surface area (Å²) >= 11 is 0. The van der Waals surface area contributed by atoms with Gasteiger partial charge < -0.3 is 15.0 Å². The number of hydrogen-bond acceptors (Lipinski definition) is 6. The number of fused-ring (bicyclic) bond motifs is 1. The molecule has 0 radical (unpaired) electrons. The first kappa shape index (κ1) is 24.9. The Balaban J connectivity index is 1.75. The minimum Gasteiger partial charge on any atom is -0.465 e. The van der Waals surface area contributed by atoms with Crippen molar-refractivity contribution in [3.63, 3.8) is 0 Å². The summed E-state index contributed by atoms with van der Waals surface area (Å²) in [5.74, 6) is 0.193. The van der Waals surface area contributed by atoms with Crippen LogP contribution in [0.4, 0.5) is 5.69 Å². The zero-order chi connectivity index (χ0) is 25.9. The molecule has 186 valence electrons. The molecule has 0 spiro atoms. The van der Waals surface area contributed by atoms with Crippen molar-refractivity contribution in [1.29, 1.82) is 5.41 Å². The maximum Gasteiger partial charge on any atom is 0.326 e. The van der Waals surface area contributed by atoms with Gasteiger partial charge in [0.15, 0.2) is 0 Å². The maximum absolute atomic E-state index is 13.1. The monoisotopic (exact) mass is 505 g/mol. The summed E-state index contributed by atoms with van der Waals surface area (Å²) in [7, 11) is -2.28. The molecule has 1 heterocycles. The van der Waals surface area contributed by atoms with Crippen LogP contribution in [0.25, 0.3) is 11.0 Å². The highest BCUT2D eigenvalue weighted by Gasteiger charge is 2.23. The van der Waals surface area contributed by atoms with Gasteiger partial charge in [0, 0.05) is 19.0 Å². The molecule has 0 bridgehead atoms. The number of nitrogens with two attached hydrogens (primary N) is 1. The first-order valence-electron chi connectivity index (χ1n) is 11.3. The lowest BCUT2D eigenvalue weighted by atomic mass is 10.1. The van der Waals surface area contributed by atoms with Gasteiger partial charge in [0.1, 0.15) is 18.2 Å². The number of hydrogen-bond donors (Lipinski definition) is 2. The number of carbonyl (C=O) groups excluding carboxylic acids is 1. The van der Waals surface area contributed by atoms with Gasteiger partial charge in [-0.25, -0.2) is 13.4 Å². The Morgan fingerprint density at radius 2 is 1.78 bits per heavy atom. The molecule has 9 nitrogen and oxygen atoms in total. The molecule has 3 N–H and O–H groups in total. The van der Waals surface area contributed by atoms with Crippen molar-refractivity contribution < 1.29 is 17.9 Å². The van der Waals surface area contributed by atoms with Crippen molar-refractivity contribution in [3.05, 3.63) is 89.7 Å². The fraction of sp³-hybridized carbons (Fsp3) is 0.192. The third-order valence-electron chi connectivity index (χ3n) is 5.80. The van der Waals surface area contributed by atoms with E-state index in [2.05, 4.69) is 0 Å². The number of esters is 1. The minimum atomic E-state index is -3.77. The lowest BCUT2D eigenvalue weighted by Gasteiger charge is -2.20. The van der Waals surface area contributed by atoms with Crippen molar-refractivity contribution in [1.82, 2.24) is 9.55 Å². The van der Waals surface area contributed by atoms with Gasteiger partial charge in [0.05, 0.1) is 28.2 Å². The Kier molecular flexibility index (Phi) is 7.07. The fourth-order valence-electron chi connectivity index (χ4n) is 3.88. The Bertz CT molecular complexity index is 1510. The largest absolute Gasteiger partial charge is 0.465 e. The van der Waals surface area contributed by atoms with Crippen molar-refractivity contribution in [2.75, 3.05) is 18.0 Å². The third kappa shape index (κ3) is 5.08. The molecule has 0 aliphatic heterocycles. The molecule has 36 heavy (non-hydrogen) atoms. The summed E-state index contributed by atoms with van der Waals surface area (Å²) in [5, 5.41) is 7.57. The number of amidine groups is 1. The number of imidazole rings is 1. The van der Waals surface area contributed by atoms with Crippen molar-refractivity contribution in [2.24, 2.45) is 5.73 Å². The molecule has 0 atom stereocenters. The summed E-state index contributed by atoms with van der Waals surface area (Å²) in [5.41, 5.74) is 8.77. The molecular weight excluding hydrogens is 478 g/mol. The lowest BCUT2D eigenvalue weighted by Crippen LogP contribution is -2.26. The van der Waals surface area contributed by atoms with Crippen molar-refractivity contribution in [2.45, 2.75) is 24.8 Å². The van der Waals surface area contributed by atoms with Crippen LogP contribution in [0, 0.1) is 5.41 Å². The normalized spacial score (nSPS) is 11.4. The molecular formula is C26H27N5O4S. The molecule has 1 aromatic heterocycles. The third-order valence-corrected chi connectivity index (χ3v) is 7.60. The number of carbonyl (C=O) groups is 1. The number of nitrogen functional groups attached to an aromatic ring is 1. The zero-order valence-corrected chi connectivity index (χ0v) is 20.8. The Labute approximate surface area is 209 Å². The highest BCUT2D eigenvalue weighted by molar-refractivity contribution is 7.92. The van der Waals surface area contributed by atoms with Crippen LogP contribution in [-0.4, -0.2) is 43.4 Å². The molecule has 4 rings (SSSR count). The van der Waals surface area contributed by atoms with Crippen LogP contribution < -0.4 is 10.0 Å². The average molecular weight is 506 g/mol. The van der Waals surface area contributed by atoms with Crippen LogP contribution in [0.1, 0.15) is 23.9 Å². The SMILES string of the molecule is CCOC(=O)Cn1c(Cc2ccc(C(=N)N)cc2)nc2ccc(N(C)S(=O)(=O)c3ccccc3)cc21. The number of nitrogens with one attached hydrogen (secondary N) is 1. The highest BCUT2D eigenvalue weighted by atomic mass is 32.2. The van der Waals surface area contributed by atoms with Gasteiger partial charge in [-0.15, -0.1) is 0 Å². The van der Waals surface area contributed by atoms with E-state index in [0.717, 1.165) is 5.56 Å². The van der Waals surface area contributed by atoms with E-state index < -0.39 is 16.0 Å². The molecule has 0 saturated carbocycles. The average Bonchev–Trinajstić information content (AvgIpc) is 3.20. The van der Waals surface area contributed by atoms with E-state index in [1.165, 1.54) is 11.4 Å². The minimum absolute atomic E-state index is 0.0156. The number of benzene rings is 3. The molecule has 0 saturated heterocycles. The molecule has 0 unspecified atom stereocenters. The van der Waals surface area contributed by atoms with Crippen LogP contribution >= 0.6 is 0 Å². The Morgan fingerprint density at radius 1 is 1.08 bits per heavy atom. The molecule has 10 heteroatoms. The zero-order valence-electron chi connectivity index (χ0n) is 20.0. The smallest absolute Gasteiger partial charge is 0.326 e. The van der Waals surface area contributed by atoms with Gasteiger partial charge in [-0.05, 0) is 42.8 Å². The summed E-state index contributed by atoms with van der Waals surface area (Å²) in [6.45, 7) is 1.92. The maximum atomic E-state index is 13.1. The van der Waals surface area contributed by atoms with Gasteiger partial charge in [-0.3, -0.25) is 14.5 Å². The first-order chi connectivity index (χ1) is 17.2.